The number of fused-ring (bicyclic) bond motifs is 2. The van der Waals surface area contributed by atoms with Crippen molar-refractivity contribution in [3.63, 3.8) is 0 Å². The van der Waals surface area contributed by atoms with Crippen LogP contribution in [0.2, 0.25) is 0 Å². The van der Waals surface area contributed by atoms with Crippen molar-refractivity contribution in [2.24, 2.45) is 5.92 Å². The number of allylic oxidation sites excluding steroid dienone is 4. The Morgan fingerprint density at radius 1 is 1.15 bits per heavy atom. The van der Waals surface area contributed by atoms with Crippen molar-refractivity contribution in [3.05, 3.63) is 47.1 Å². The number of hydrogen-bond donors (Lipinski definition) is 1. The number of rotatable bonds is 3. The third-order valence-electron chi connectivity index (χ3n) is 3.97. The Bertz CT molecular complexity index is 827. The fourth-order valence-corrected chi connectivity index (χ4v) is 5.42. The highest BCUT2D eigenvalue weighted by Crippen LogP contribution is 2.48. The Labute approximate surface area is 173 Å². The minimum Gasteiger partial charge on any atom is -0.383 e. The summed E-state index contributed by atoms with van der Waals surface area (Å²) in [5, 5.41) is 3.77. The summed E-state index contributed by atoms with van der Waals surface area (Å²) < 4.78 is 2.13. The lowest BCUT2D eigenvalue weighted by atomic mass is 10.0. The number of thioether (sulfide) groups is 2. The van der Waals surface area contributed by atoms with Crippen LogP contribution in [0.5, 0.6) is 0 Å². The summed E-state index contributed by atoms with van der Waals surface area (Å²) in [6.07, 6.45) is 12.5. The predicted molar refractivity (Wildman–Crippen MR) is 123 cm³/mol. The Morgan fingerprint density at radius 2 is 1.85 bits per heavy atom. The second-order valence-electron chi connectivity index (χ2n) is 5.26. The fourth-order valence-electron chi connectivity index (χ4n) is 2.85. The van der Waals surface area contributed by atoms with E-state index in [0.717, 1.165) is 22.5 Å². The lowest BCUT2D eigenvalue weighted by Crippen LogP contribution is -2.10. The van der Waals surface area contributed by atoms with Crippen LogP contribution in [0.4, 0.5) is 5.82 Å². The lowest BCUT2D eigenvalue weighted by molar-refractivity contribution is 0.781. The van der Waals surface area contributed by atoms with Gasteiger partial charge in [-0.05, 0) is 12.3 Å². The molecule has 2 N–H and O–H groups in total. The van der Waals surface area contributed by atoms with Gasteiger partial charge in [-0.2, -0.15) is 0 Å². The van der Waals surface area contributed by atoms with Crippen molar-refractivity contribution in [3.8, 4) is 0 Å². The van der Waals surface area contributed by atoms with Crippen LogP contribution < -0.4 is 5.73 Å². The van der Waals surface area contributed by atoms with Crippen LogP contribution in [0.3, 0.4) is 0 Å². The normalized spacial score (nSPS) is 19.2. The number of nitrogen functional groups attached to an aromatic ring is 1. The van der Waals surface area contributed by atoms with E-state index in [-0.39, 0.29) is 8.41 Å². The van der Waals surface area contributed by atoms with Crippen LogP contribution >= 0.6 is 23.5 Å². The van der Waals surface area contributed by atoms with E-state index in [1.54, 1.807) is 11.8 Å². The van der Waals surface area contributed by atoms with Crippen molar-refractivity contribution >= 4 is 48.8 Å². The van der Waals surface area contributed by atoms with Crippen LogP contribution in [0.25, 0.3) is 11.0 Å². The molecule has 143 valence electrons. The maximum absolute atomic E-state index is 6.10. The molecule has 2 aromatic heterocycles. The number of nitrogens with two attached hydrogens (primary N) is 1. The zero-order valence-electron chi connectivity index (χ0n) is 16.7. The minimum absolute atomic E-state index is 0. The first kappa shape index (κ1) is 23.4. The quantitative estimate of drug-likeness (QED) is 0.691. The van der Waals surface area contributed by atoms with Crippen molar-refractivity contribution < 1.29 is 0 Å². The molecule has 3 heterocycles. The molecule has 0 aromatic carbocycles. The van der Waals surface area contributed by atoms with E-state index >= 15 is 0 Å². The smallest absolute Gasteiger partial charge is 0.146 e. The molecule has 1 aliphatic carbocycles. The van der Waals surface area contributed by atoms with E-state index < -0.39 is 0 Å². The molecule has 2 unspecified atom stereocenters. The minimum atomic E-state index is 0. The molecule has 4 nitrogen and oxygen atoms in total. The van der Waals surface area contributed by atoms with Crippen molar-refractivity contribution in [2.75, 3.05) is 5.73 Å². The second-order valence-corrected chi connectivity index (χ2v) is 7.42. The third kappa shape index (κ3) is 4.82. The van der Waals surface area contributed by atoms with Crippen LogP contribution in [0.15, 0.2) is 52.0 Å². The van der Waals surface area contributed by atoms with Gasteiger partial charge in [-0.25, -0.2) is 9.97 Å². The van der Waals surface area contributed by atoms with Gasteiger partial charge in [0.2, 0.25) is 0 Å². The molecule has 0 bridgehead atoms. The number of aryl methyl sites for hydroxylation is 1. The Kier molecular flexibility index (Phi) is 9.81. The topological polar surface area (TPSA) is 56.7 Å². The number of anilines is 1. The standard InChI is InChI=1S/C16H16N4S2.2C2H6.B/c1-2-20-7-12(14-15(17)18-9-19-16(14)20)22-13-8-21-11-6-4-3-5-10(11)13;2*1-2;/h3-11H,2H2,1H3,(H2,17,18,19);2*1-2H3;. The van der Waals surface area contributed by atoms with Gasteiger partial charge in [0.25, 0.3) is 0 Å². The van der Waals surface area contributed by atoms with E-state index in [2.05, 4.69) is 57.4 Å². The molecule has 2 atom stereocenters. The highest BCUT2D eigenvalue weighted by molar-refractivity contribution is 8.07. The Hall–Kier alpha value is -1.60. The SMILES string of the molecule is CC.CC.CCn1cc(SC2=CSC3C=CC=CC23)c2c(N)ncnc21.[B]. The van der Waals surface area contributed by atoms with Gasteiger partial charge < -0.3 is 10.3 Å². The number of aromatic nitrogens is 3. The van der Waals surface area contributed by atoms with E-state index in [9.17, 15) is 0 Å². The van der Waals surface area contributed by atoms with Crippen LogP contribution in [0, 0.1) is 5.92 Å². The Balaban J connectivity index is 0.000000686. The average Bonchev–Trinajstić information content (AvgIpc) is 3.28. The van der Waals surface area contributed by atoms with Gasteiger partial charge in [0.15, 0.2) is 0 Å². The summed E-state index contributed by atoms with van der Waals surface area (Å²) in [5.74, 6) is 1.02. The largest absolute Gasteiger partial charge is 0.383 e. The molecule has 3 radical (unpaired) electrons. The van der Waals surface area contributed by atoms with E-state index in [1.165, 1.54) is 11.2 Å². The maximum Gasteiger partial charge on any atom is 0.146 e. The van der Waals surface area contributed by atoms with Gasteiger partial charge in [0.05, 0.1) is 5.39 Å². The first-order valence-corrected chi connectivity index (χ1v) is 11.0. The van der Waals surface area contributed by atoms with Gasteiger partial charge in [0, 0.05) is 42.1 Å². The molecule has 0 saturated heterocycles. The Morgan fingerprint density at radius 3 is 2.56 bits per heavy atom. The predicted octanol–water partition coefficient (Wildman–Crippen LogP) is 5.50. The van der Waals surface area contributed by atoms with Crippen molar-refractivity contribution in [2.45, 2.75) is 51.3 Å². The van der Waals surface area contributed by atoms with Crippen LogP contribution in [-0.2, 0) is 6.54 Å². The molecule has 0 amide bonds. The zero-order chi connectivity index (χ0) is 19.1. The molecule has 2 aliphatic rings. The van der Waals surface area contributed by atoms with E-state index in [4.69, 9.17) is 5.73 Å². The summed E-state index contributed by atoms with van der Waals surface area (Å²) in [6.45, 7) is 11.0. The number of hydrogen-bond acceptors (Lipinski definition) is 5. The zero-order valence-corrected chi connectivity index (χ0v) is 18.3. The summed E-state index contributed by atoms with van der Waals surface area (Å²) >= 11 is 3.68. The molecular weight excluding hydrogens is 371 g/mol. The van der Waals surface area contributed by atoms with Gasteiger partial charge in [-0.15, -0.1) is 11.8 Å². The summed E-state index contributed by atoms with van der Waals surface area (Å²) in [6, 6.07) is 0. The highest BCUT2D eigenvalue weighted by Gasteiger charge is 2.29. The molecule has 0 spiro atoms. The van der Waals surface area contributed by atoms with Crippen molar-refractivity contribution in [1.82, 2.24) is 14.5 Å². The molecular formula is C20H28BN4S2. The summed E-state index contributed by atoms with van der Waals surface area (Å²) in [5.41, 5.74) is 7.02. The molecule has 1 aliphatic heterocycles. The maximum atomic E-state index is 6.10. The molecule has 4 rings (SSSR count). The second kappa shape index (κ2) is 11.3. The number of nitrogens with zero attached hydrogens (tertiary/aromatic N) is 3. The first-order chi connectivity index (χ1) is 12.8. The molecule has 27 heavy (non-hydrogen) atoms. The lowest BCUT2D eigenvalue weighted by Gasteiger charge is -2.17. The first-order valence-electron chi connectivity index (χ1n) is 9.25. The highest BCUT2D eigenvalue weighted by atomic mass is 32.2. The van der Waals surface area contributed by atoms with Crippen LogP contribution in [-0.4, -0.2) is 28.2 Å². The van der Waals surface area contributed by atoms with E-state index in [1.807, 2.05) is 39.5 Å². The molecule has 7 heteroatoms. The summed E-state index contributed by atoms with van der Waals surface area (Å²) in [7, 11) is 0. The third-order valence-corrected chi connectivity index (χ3v) is 6.43. The van der Waals surface area contributed by atoms with Gasteiger partial charge in [-0.3, -0.25) is 0 Å². The van der Waals surface area contributed by atoms with Gasteiger partial charge in [0.1, 0.15) is 17.8 Å². The molecule has 0 saturated carbocycles. The van der Waals surface area contributed by atoms with Crippen LogP contribution in [0.1, 0.15) is 34.6 Å². The average molecular weight is 399 g/mol. The summed E-state index contributed by atoms with van der Waals surface area (Å²) in [4.78, 5) is 11.1. The monoisotopic (exact) mass is 399 g/mol. The van der Waals surface area contributed by atoms with Crippen molar-refractivity contribution in [1.29, 1.82) is 0 Å². The van der Waals surface area contributed by atoms with Gasteiger partial charge in [-0.1, -0.05) is 63.8 Å². The molecule has 0 fully saturated rings. The molecule has 2 aromatic rings. The fraction of sp³-hybridized carbons (Fsp3) is 0.400. The van der Waals surface area contributed by atoms with E-state index in [0.29, 0.717) is 17.0 Å². The van der Waals surface area contributed by atoms with Gasteiger partial charge >= 0.3 is 0 Å².